The Bertz CT molecular complexity index is 392. The number of hydrogen-bond donors (Lipinski definition) is 1. The number of rotatable bonds is 5. The summed E-state index contributed by atoms with van der Waals surface area (Å²) in [5.41, 5.74) is 5.39. The maximum absolute atomic E-state index is 12.0. The van der Waals surface area contributed by atoms with Crippen LogP contribution in [0.15, 0.2) is 6.33 Å². The molecule has 1 saturated carbocycles. The van der Waals surface area contributed by atoms with Gasteiger partial charge in [0.2, 0.25) is 0 Å². The second-order valence-corrected chi connectivity index (χ2v) is 4.80. The second kappa shape index (κ2) is 3.97. The van der Waals surface area contributed by atoms with E-state index < -0.39 is 0 Å². The standard InChI is InChI=1S/C11H18N4O/c1-8(2)15-10(13-7-14-15)5-9(16)11(6-12)3-4-11/h7-8H,3-6,12H2,1-2H3. The molecule has 0 bridgehead atoms. The van der Waals surface area contributed by atoms with Crippen LogP contribution in [0.4, 0.5) is 0 Å². The molecule has 1 aliphatic carbocycles. The first-order chi connectivity index (χ1) is 7.59. The van der Waals surface area contributed by atoms with E-state index in [-0.39, 0.29) is 17.2 Å². The third-order valence-corrected chi connectivity index (χ3v) is 3.29. The Balaban J connectivity index is 2.09. The summed E-state index contributed by atoms with van der Waals surface area (Å²) in [6.45, 7) is 4.51. The maximum Gasteiger partial charge on any atom is 0.147 e. The Morgan fingerprint density at radius 1 is 1.62 bits per heavy atom. The van der Waals surface area contributed by atoms with Crippen LogP contribution >= 0.6 is 0 Å². The van der Waals surface area contributed by atoms with E-state index in [1.807, 2.05) is 13.8 Å². The Morgan fingerprint density at radius 2 is 2.31 bits per heavy atom. The molecular formula is C11H18N4O. The summed E-state index contributed by atoms with van der Waals surface area (Å²) in [4.78, 5) is 16.2. The van der Waals surface area contributed by atoms with Crippen molar-refractivity contribution in [1.29, 1.82) is 0 Å². The van der Waals surface area contributed by atoms with Crippen molar-refractivity contribution in [2.75, 3.05) is 6.54 Å². The molecule has 16 heavy (non-hydrogen) atoms. The van der Waals surface area contributed by atoms with Gasteiger partial charge in [-0.1, -0.05) is 0 Å². The van der Waals surface area contributed by atoms with Crippen molar-refractivity contribution in [2.24, 2.45) is 11.1 Å². The van der Waals surface area contributed by atoms with Gasteiger partial charge in [0.15, 0.2) is 0 Å². The lowest BCUT2D eigenvalue weighted by Crippen LogP contribution is -2.28. The summed E-state index contributed by atoms with van der Waals surface area (Å²) in [6, 6.07) is 0.235. The minimum Gasteiger partial charge on any atom is -0.329 e. The van der Waals surface area contributed by atoms with Crippen LogP contribution < -0.4 is 5.73 Å². The Kier molecular flexibility index (Phi) is 2.80. The van der Waals surface area contributed by atoms with E-state index in [2.05, 4.69) is 10.1 Å². The number of carbonyl (C=O) groups is 1. The molecule has 0 unspecified atom stereocenters. The average Bonchev–Trinajstić information content (AvgIpc) is 2.92. The number of nitrogens with zero attached hydrogens (tertiary/aromatic N) is 3. The minimum atomic E-state index is -0.242. The molecule has 0 radical (unpaired) electrons. The number of carbonyl (C=O) groups excluding carboxylic acids is 1. The van der Waals surface area contributed by atoms with Crippen LogP contribution in [-0.2, 0) is 11.2 Å². The van der Waals surface area contributed by atoms with Crippen LogP contribution in [-0.4, -0.2) is 27.1 Å². The lowest BCUT2D eigenvalue weighted by atomic mass is 9.98. The predicted octanol–water partition coefficient (Wildman–Crippen LogP) is 0.709. The second-order valence-electron chi connectivity index (χ2n) is 4.80. The highest BCUT2D eigenvalue weighted by Gasteiger charge is 2.48. The maximum atomic E-state index is 12.0. The molecule has 0 spiro atoms. The predicted molar refractivity (Wildman–Crippen MR) is 59.8 cm³/mol. The highest BCUT2D eigenvalue weighted by atomic mass is 16.1. The molecule has 0 aliphatic heterocycles. The van der Waals surface area contributed by atoms with Crippen molar-refractivity contribution in [1.82, 2.24) is 14.8 Å². The number of hydrogen-bond acceptors (Lipinski definition) is 4. The molecule has 0 atom stereocenters. The number of Topliss-reactive ketones (excluding diaryl/α,β-unsaturated/α-hetero) is 1. The molecule has 1 aliphatic rings. The van der Waals surface area contributed by atoms with Crippen LogP contribution in [0.3, 0.4) is 0 Å². The topological polar surface area (TPSA) is 73.8 Å². The molecule has 1 aromatic heterocycles. The summed E-state index contributed by atoms with van der Waals surface area (Å²) in [5.74, 6) is 0.963. The van der Waals surface area contributed by atoms with E-state index in [0.717, 1.165) is 18.7 Å². The Labute approximate surface area is 95.0 Å². The minimum absolute atomic E-state index is 0.213. The first-order valence-corrected chi connectivity index (χ1v) is 5.71. The van der Waals surface area contributed by atoms with Crippen LogP contribution in [0.5, 0.6) is 0 Å². The van der Waals surface area contributed by atoms with Gasteiger partial charge in [0.1, 0.15) is 17.9 Å². The van der Waals surface area contributed by atoms with Gasteiger partial charge in [-0.2, -0.15) is 5.10 Å². The van der Waals surface area contributed by atoms with Gasteiger partial charge >= 0.3 is 0 Å². The van der Waals surface area contributed by atoms with E-state index in [1.54, 1.807) is 4.68 Å². The van der Waals surface area contributed by atoms with Gasteiger partial charge in [0.25, 0.3) is 0 Å². The molecule has 0 saturated heterocycles. The monoisotopic (exact) mass is 222 g/mol. The SMILES string of the molecule is CC(C)n1ncnc1CC(=O)C1(CN)CC1. The van der Waals surface area contributed by atoms with Crippen LogP contribution in [0, 0.1) is 5.41 Å². The first kappa shape index (κ1) is 11.3. The van der Waals surface area contributed by atoms with Gasteiger partial charge in [0.05, 0.1) is 6.42 Å². The highest BCUT2D eigenvalue weighted by Crippen LogP contribution is 2.45. The molecular weight excluding hydrogens is 204 g/mol. The lowest BCUT2D eigenvalue weighted by Gasteiger charge is -2.12. The van der Waals surface area contributed by atoms with E-state index in [4.69, 9.17) is 5.73 Å². The van der Waals surface area contributed by atoms with Crippen LogP contribution in [0.25, 0.3) is 0 Å². The fraction of sp³-hybridized carbons (Fsp3) is 0.727. The third kappa shape index (κ3) is 1.87. The third-order valence-electron chi connectivity index (χ3n) is 3.29. The molecule has 2 rings (SSSR count). The normalized spacial score (nSPS) is 17.8. The van der Waals surface area contributed by atoms with Gasteiger partial charge in [-0.25, -0.2) is 9.67 Å². The fourth-order valence-corrected chi connectivity index (χ4v) is 1.91. The molecule has 5 heteroatoms. The van der Waals surface area contributed by atoms with Crippen molar-refractivity contribution in [3.05, 3.63) is 12.2 Å². The van der Waals surface area contributed by atoms with Crippen LogP contribution in [0.1, 0.15) is 38.6 Å². The highest BCUT2D eigenvalue weighted by molar-refractivity contribution is 5.88. The summed E-state index contributed by atoms with van der Waals surface area (Å²) < 4.78 is 1.80. The van der Waals surface area contributed by atoms with E-state index in [0.29, 0.717) is 13.0 Å². The van der Waals surface area contributed by atoms with Gasteiger partial charge in [-0.3, -0.25) is 4.79 Å². The summed E-state index contributed by atoms with van der Waals surface area (Å²) in [6.07, 6.45) is 3.72. The molecule has 88 valence electrons. The van der Waals surface area contributed by atoms with E-state index in [1.165, 1.54) is 6.33 Å². The zero-order chi connectivity index (χ0) is 11.8. The molecule has 2 N–H and O–H groups in total. The van der Waals surface area contributed by atoms with E-state index in [9.17, 15) is 4.79 Å². The van der Waals surface area contributed by atoms with Crippen molar-refractivity contribution >= 4 is 5.78 Å². The van der Waals surface area contributed by atoms with Crippen molar-refractivity contribution in [3.63, 3.8) is 0 Å². The largest absolute Gasteiger partial charge is 0.329 e. The Morgan fingerprint density at radius 3 is 2.81 bits per heavy atom. The zero-order valence-corrected chi connectivity index (χ0v) is 9.81. The number of aromatic nitrogens is 3. The van der Waals surface area contributed by atoms with Crippen molar-refractivity contribution in [3.8, 4) is 0 Å². The van der Waals surface area contributed by atoms with Gasteiger partial charge < -0.3 is 5.73 Å². The fourth-order valence-electron chi connectivity index (χ4n) is 1.91. The van der Waals surface area contributed by atoms with Gasteiger partial charge in [-0.15, -0.1) is 0 Å². The molecule has 0 amide bonds. The van der Waals surface area contributed by atoms with Crippen molar-refractivity contribution < 1.29 is 4.79 Å². The summed E-state index contributed by atoms with van der Waals surface area (Å²) >= 11 is 0. The lowest BCUT2D eigenvalue weighted by molar-refractivity contribution is -0.123. The average molecular weight is 222 g/mol. The molecule has 0 aromatic carbocycles. The molecule has 1 heterocycles. The van der Waals surface area contributed by atoms with Crippen LogP contribution in [0.2, 0.25) is 0 Å². The number of ketones is 1. The first-order valence-electron chi connectivity index (χ1n) is 5.71. The zero-order valence-electron chi connectivity index (χ0n) is 9.81. The number of nitrogens with two attached hydrogens (primary N) is 1. The van der Waals surface area contributed by atoms with E-state index >= 15 is 0 Å². The summed E-state index contributed by atoms with van der Waals surface area (Å²) in [5, 5.41) is 4.12. The summed E-state index contributed by atoms with van der Waals surface area (Å²) in [7, 11) is 0. The molecule has 1 fully saturated rings. The Hall–Kier alpha value is -1.23. The van der Waals surface area contributed by atoms with Gasteiger partial charge in [-0.05, 0) is 26.7 Å². The smallest absolute Gasteiger partial charge is 0.147 e. The van der Waals surface area contributed by atoms with Crippen molar-refractivity contribution in [2.45, 2.75) is 39.2 Å². The van der Waals surface area contributed by atoms with Gasteiger partial charge in [0, 0.05) is 18.0 Å². The quantitative estimate of drug-likeness (QED) is 0.796. The molecule has 1 aromatic rings. The molecule has 5 nitrogen and oxygen atoms in total.